The molecule has 3 nitrogen and oxygen atoms in total. The number of nitrogens with zero attached hydrogens (tertiary/aromatic N) is 1. The number of rotatable bonds is 3. The summed E-state index contributed by atoms with van der Waals surface area (Å²) in [6.45, 7) is 1.86. The van der Waals surface area contributed by atoms with E-state index in [1.54, 1.807) is 24.4 Å². The molecule has 1 atom stereocenters. The normalized spacial score (nSPS) is 12.3. The number of hydrogen-bond acceptors (Lipinski definition) is 3. The molecule has 19 heavy (non-hydrogen) atoms. The summed E-state index contributed by atoms with van der Waals surface area (Å²) < 4.78 is 5.60. The SMILES string of the molecule is C[C@H](N)c1ccc(Oc2cc(Cl)c(Cl)cc2Cl)cn1. The summed E-state index contributed by atoms with van der Waals surface area (Å²) in [4.78, 5) is 4.19. The van der Waals surface area contributed by atoms with Crippen LogP contribution in [0.1, 0.15) is 18.7 Å². The Bertz CT molecular complexity index is 585. The molecule has 0 radical (unpaired) electrons. The van der Waals surface area contributed by atoms with Gasteiger partial charge in [-0.3, -0.25) is 4.98 Å². The molecule has 0 unspecified atom stereocenters. The van der Waals surface area contributed by atoms with Crippen molar-refractivity contribution in [3.63, 3.8) is 0 Å². The van der Waals surface area contributed by atoms with Crippen LogP contribution in [0.5, 0.6) is 11.5 Å². The molecule has 0 saturated heterocycles. The molecule has 0 aliphatic heterocycles. The molecule has 0 bridgehead atoms. The molecule has 2 N–H and O–H groups in total. The highest BCUT2D eigenvalue weighted by atomic mass is 35.5. The molecule has 2 rings (SSSR count). The highest BCUT2D eigenvalue weighted by Crippen LogP contribution is 2.36. The predicted molar refractivity (Wildman–Crippen MR) is 78.4 cm³/mol. The first kappa shape index (κ1) is 14.4. The zero-order valence-corrected chi connectivity index (χ0v) is 12.3. The summed E-state index contributed by atoms with van der Waals surface area (Å²) >= 11 is 17.8. The van der Waals surface area contributed by atoms with E-state index in [9.17, 15) is 0 Å². The van der Waals surface area contributed by atoms with Gasteiger partial charge in [0.15, 0.2) is 0 Å². The number of benzene rings is 1. The van der Waals surface area contributed by atoms with Gasteiger partial charge in [-0.2, -0.15) is 0 Å². The lowest BCUT2D eigenvalue weighted by Gasteiger charge is -2.10. The maximum atomic E-state index is 6.02. The van der Waals surface area contributed by atoms with Gasteiger partial charge >= 0.3 is 0 Å². The molecular weight excluding hydrogens is 307 g/mol. The third-order valence-corrected chi connectivity index (χ3v) is 3.45. The van der Waals surface area contributed by atoms with Crippen LogP contribution >= 0.6 is 34.8 Å². The molecule has 0 fully saturated rings. The lowest BCUT2D eigenvalue weighted by atomic mass is 10.2. The van der Waals surface area contributed by atoms with Crippen LogP contribution in [-0.2, 0) is 0 Å². The Kier molecular flexibility index (Phi) is 4.53. The summed E-state index contributed by atoms with van der Waals surface area (Å²) in [5, 5.41) is 1.14. The van der Waals surface area contributed by atoms with Gasteiger partial charge in [0.25, 0.3) is 0 Å². The first-order valence-electron chi connectivity index (χ1n) is 5.51. The van der Waals surface area contributed by atoms with Crippen LogP contribution in [0.3, 0.4) is 0 Å². The van der Waals surface area contributed by atoms with Gasteiger partial charge in [0.1, 0.15) is 11.5 Å². The van der Waals surface area contributed by atoms with E-state index < -0.39 is 0 Å². The van der Waals surface area contributed by atoms with E-state index in [4.69, 9.17) is 45.3 Å². The quantitative estimate of drug-likeness (QED) is 0.823. The Balaban J connectivity index is 2.24. The standard InChI is InChI=1S/C13H11Cl3N2O/c1-7(17)12-3-2-8(6-18-12)19-13-5-10(15)9(14)4-11(13)16/h2-7H,17H2,1H3/t7-/m0/s1. The maximum Gasteiger partial charge on any atom is 0.147 e. The Morgan fingerprint density at radius 2 is 1.79 bits per heavy atom. The van der Waals surface area contributed by atoms with E-state index in [1.165, 1.54) is 6.07 Å². The molecule has 0 aliphatic rings. The first-order valence-corrected chi connectivity index (χ1v) is 6.64. The summed E-state index contributed by atoms with van der Waals surface area (Å²) in [7, 11) is 0. The van der Waals surface area contributed by atoms with E-state index in [0.29, 0.717) is 26.6 Å². The third kappa shape index (κ3) is 3.51. The monoisotopic (exact) mass is 316 g/mol. The van der Waals surface area contributed by atoms with Crippen LogP contribution < -0.4 is 10.5 Å². The second-order valence-electron chi connectivity index (χ2n) is 4.01. The topological polar surface area (TPSA) is 48.1 Å². The van der Waals surface area contributed by atoms with Crippen LogP contribution in [0.25, 0.3) is 0 Å². The lowest BCUT2D eigenvalue weighted by molar-refractivity contribution is 0.479. The number of ether oxygens (including phenoxy) is 1. The molecule has 1 aromatic heterocycles. The zero-order chi connectivity index (χ0) is 14.0. The summed E-state index contributed by atoms with van der Waals surface area (Å²) in [6, 6.07) is 6.54. The fourth-order valence-electron chi connectivity index (χ4n) is 1.43. The predicted octanol–water partition coefficient (Wildman–Crippen LogP) is 4.85. The Morgan fingerprint density at radius 3 is 2.37 bits per heavy atom. The number of nitrogens with two attached hydrogens (primary N) is 1. The van der Waals surface area contributed by atoms with Gasteiger partial charge in [-0.1, -0.05) is 34.8 Å². The summed E-state index contributed by atoms with van der Waals surface area (Å²) in [5.41, 5.74) is 6.51. The molecule has 1 aromatic carbocycles. The van der Waals surface area contributed by atoms with Crippen LogP contribution in [0.15, 0.2) is 30.5 Å². The minimum Gasteiger partial charge on any atom is -0.454 e. The number of halogens is 3. The van der Waals surface area contributed by atoms with Crippen molar-refractivity contribution in [3.8, 4) is 11.5 Å². The van der Waals surface area contributed by atoms with Gasteiger partial charge in [-0.15, -0.1) is 0 Å². The van der Waals surface area contributed by atoms with Crippen molar-refractivity contribution >= 4 is 34.8 Å². The second-order valence-corrected chi connectivity index (χ2v) is 5.23. The van der Waals surface area contributed by atoms with Gasteiger partial charge in [-0.25, -0.2) is 0 Å². The second kappa shape index (κ2) is 5.97. The van der Waals surface area contributed by atoms with Crippen molar-refractivity contribution < 1.29 is 4.74 Å². The smallest absolute Gasteiger partial charge is 0.147 e. The average Bonchev–Trinajstić information content (AvgIpc) is 2.36. The van der Waals surface area contributed by atoms with Crippen molar-refractivity contribution in [2.75, 3.05) is 0 Å². The van der Waals surface area contributed by atoms with Crippen LogP contribution in [-0.4, -0.2) is 4.98 Å². The van der Waals surface area contributed by atoms with Gasteiger partial charge in [0.05, 0.1) is 27.0 Å². The molecule has 6 heteroatoms. The van der Waals surface area contributed by atoms with E-state index in [-0.39, 0.29) is 6.04 Å². The van der Waals surface area contributed by atoms with Crippen molar-refractivity contribution in [1.82, 2.24) is 4.98 Å². The molecule has 1 heterocycles. The Labute approximate surface area is 126 Å². The summed E-state index contributed by atoms with van der Waals surface area (Å²) in [6.07, 6.45) is 1.58. The average molecular weight is 318 g/mol. The number of pyridine rings is 1. The lowest BCUT2D eigenvalue weighted by Crippen LogP contribution is -2.06. The third-order valence-electron chi connectivity index (χ3n) is 2.43. The van der Waals surface area contributed by atoms with Gasteiger partial charge in [0.2, 0.25) is 0 Å². The van der Waals surface area contributed by atoms with Gasteiger partial charge in [0, 0.05) is 12.1 Å². The van der Waals surface area contributed by atoms with Crippen LogP contribution in [0.2, 0.25) is 15.1 Å². The first-order chi connectivity index (χ1) is 8.97. The van der Waals surface area contributed by atoms with Crippen LogP contribution in [0.4, 0.5) is 0 Å². The van der Waals surface area contributed by atoms with Crippen molar-refractivity contribution in [2.45, 2.75) is 13.0 Å². The molecule has 0 spiro atoms. The van der Waals surface area contributed by atoms with Gasteiger partial charge in [-0.05, 0) is 25.1 Å². The Morgan fingerprint density at radius 1 is 1.11 bits per heavy atom. The summed E-state index contributed by atoms with van der Waals surface area (Å²) in [5.74, 6) is 0.969. The number of hydrogen-bond donors (Lipinski definition) is 1. The van der Waals surface area contributed by atoms with Crippen LogP contribution in [0, 0.1) is 0 Å². The molecule has 0 aliphatic carbocycles. The molecule has 2 aromatic rings. The highest BCUT2D eigenvalue weighted by molar-refractivity contribution is 6.43. The van der Waals surface area contributed by atoms with E-state index in [0.717, 1.165) is 5.69 Å². The van der Waals surface area contributed by atoms with Gasteiger partial charge < -0.3 is 10.5 Å². The minimum atomic E-state index is -0.123. The molecule has 0 saturated carbocycles. The molecular formula is C13H11Cl3N2O. The fourth-order valence-corrected chi connectivity index (χ4v) is 2.01. The molecule has 0 amide bonds. The van der Waals surface area contributed by atoms with Crippen molar-refractivity contribution in [3.05, 3.63) is 51.2 Å². The zero-order valence-electron chi connectivity index (χ0n) is 10.0. The molecule has 100 valence electrons. The minimum absolute atomic E-state index is 0.123. The van der Waals surface area contributed by atoms with Crippen molar-refractivity contribution in [2.24, 2.45) is 5.73 Å². The Hall–Kier alpha value is -1.00. The fraction of sp³-hybridized carbons (Fsp3) is 0.154. The highest BCUT2D eigenvalue weighted by Gasteiger charge is 2.09. The van der Waals surface area contributed by atoms with E-state index >= 15 is 0 Å². The van der Waals surface area contributed by atoms with E-state index in [2.05, 4.69) is 4.98 Å². The largest absolute Gasteiger partial charge is 0.454 e. The van der Waals surface area contributed by atoms with Crippen molar-refractivity contribution in [1.29, 1.82) is 0 Å². The maximum absolute atomic E-state index is 6.02. The number of aromatic nitrogens is 1. The van der Waals surface area contributed by atoms with E-state index in [1.807, 2.05) is 6.92 Å².